The number of hydrogen-bond acceptors (Lipinski definition) is 7. The summed E-state index contributed by atoms with van der Waals surface area (Å²) in [6.45, 7) is -0.129. The number of ketones is 2. The number of nitriles is 1. The van der Waals surface area contributed by atoms with E-state index >= 15 is 0 Å². The van der Waals surface area contributed by atoms with Crippen molar-refractivity contribution in [3.05, 3.63) is 131 Å². The minimum absolute atomic E-state index is 0.129. The number of Topliss-reactive ketones (excluding diaryl/α,β-unsaturated/α-hetero) is 2. The number of nitrogens with zero attached hydrogens (tertiary/aromatic N) is 2. The molecule has 0 unspecified atom stereocenters. The fourth-order valence-electron chi connectivity index (χ4n) is 7.13. The summed E-state index contributed by atoms with van der Waals surface area (Å²) >= 11 is 0. The standard InChI is InChI=1S/C36H27N3O5/c1-43-26-9-6-8-24(21-26)33(41)31-30(32(40)23-13-15-25(16-14-23)44-20-18-37)36(28-11-4-5-12-29(28)38-35(36)42)34-27-10-3-2-7-22(27)17-19-39(31)34/h2-17,19,21,30-31,34H,20H2,1H3,(H,38,42)/t30-,31+,34-,36-/m1/s1. The van der Waals surface area contributed by atoms with Crippen LogP contribution in [-0.2, 0) is 10.2 Å². The largest absolute Gasteiger partial charge is 0.497 e. The molecule has 4 atom stereocenters. The lowest BCUT2D eigenvalue weighted by Gasteiger charge is -2.38. The van der Waals surface area contributed by atoms with E-state index in [0.29, 0.717) is 33.9 Å². The summed E-state index contributed by atoms with van der Waals surface area (Å²) in [5, 5.41) is 12.0. The van der Waals surface area contributed by atoms with Gasteiger partial charge in [-0.05, 0) is 65.2 Å². The fraction of sp³-hybridized carbons (Fsp3) is 0.167. The average molecular weight is 582 g/mol. The molecule has 44 heavy (non-hydrogen) atoms. The van der Waals surface area contributed by atoms with Crippen molar-refractivity contribution in [3.8, 4) is 17.6 Å². The highest BCUT2D eigenvalue weighted by atomic mass is 16.5. The first-order valence-electron chi connectivity index (χ1n) is 14.3. The van der Waals surface area contributed by atoms with Crippen LogP contribution in [0, 0.1) is 17.2 Å². The van der Waals surface area contributed by atoms with Gasteiger partial charge in [-0.3, -0.25) is 14.4 Å². The molecule has 3 aliphatic heterocycles. The molecule has 0 radical (unpaired) electrons. The third-order valence-electron chi connectivity index (χ3n) is 8.92. The Hall–Kier alpha value is -5.68. The smallest absolute Gasteiger partial charge is 0.238 e. The van der Waals surface area contributed by atoms with Crippen LogP contribution in [0.15, 0.2) is 103 Å². The van der Waals surface area contributed by atoms with Crippen LogP contribution in [0.4, 0.5) is 5.69 Å². The maximum atomic E-state index is 14.9. The topological polar surface area (TPSA) is 109 Å². The summed E-state index contributed by atoms with van der Waals surface area (Å²) in [6.07, 6.45) is 3.77. The Morgan fingerprint density at radius 3 is 2.48 bits per heavy atom. The van der Waals surface area contributed by atoms with Crippen LogP contribution in [0.1, 0.15) is 43.4 Å². The Morgan fingerprint density at radius 1 is 0.909 bits per heavy atom. The molecule has 1 fully saturated rings. The number of ether oxygens (including phenoxy) is 2. The lowest BCUT2D eigenvalue weighted by molar-refractivity contribution is -0.122. The number of methoxy groups -OCH3 is 1. The van der Waals surface area contributed by atoms with Gasteiger partial charge in [-0.15, -0.1) is 0 Å². The lowest BCUT2D eigenvalue weighted by atomic mass is 9.62. The summed E-state index contributed by atoms with van der Waals surface area (Å²) in [7, 11) is 1.53. The van der Waals surface area contributed by atoms with E-state index in [-0.39, 0.29) is 24.1 Å². The number of para-hydroxylation sites is 1. The number of amides is 1. The Balaban J connectivity index is 1.48. The zero-order valence-corrected chi connectivity index (χ0v) is 23.8. The van der Waals surface area contributed by atoms with Crippen LogP contribution in [0.5, 0.6) is 11.5 Å². The molecule has 7 rings (SSSR count). The molecule has 0 saturated carbocycles. The number of benzene rings is 4. The molecule has 1 spiro atoms. The summed E-state index contributed by atoms with van der Waals surface area (Å²) in [5.41, 5.74) is 2.36. The van der Waals surface area contributed by atoms with E-state index in [1.165, 1.54) is 7.11 Å². The van der Waals surface area contributed by atoms with Gasteiger partial charge < -0.3 is 19.7 Å². The van der Waals surface area contributed by atoms with Crippen molar-refractivity contribution in [2.45, 2.75) is 17.5 Å². The number of anilines is 1. The van der Waals surface area contributed by atoms with E-state index in [1.54, 1.807) is 48.5 Å². The third-order valence-corrected chi connectivity index (χ3v) is 8.92. The summed E-state index contributed by atoms with van der Waals surface area (Å²) in [5.74, 6) is -1.11. The second-order valence-corrected chi connectivity index (χ2v) is 11.0. The van der Waals surface area contributed by atoms with E-state index in [0.717, 1.165) is 11.1 Å². The Morgan fingerprint density at radius 2 is 1.68 bits per heavy atom. The number of nitrogens with one attached hydrogen (secondary N) is 1. The molecule has 0 bridgehead atoms. The monoisotopic (exact) mass is 581 g/mol. The number of carbonyl (C=O) groups is 3. The number of fused-ring (bicyclic) bond motifs is 6. The Labute approximate surface area is 254 Å². The zero-order valence-electron chi connectivity index (χ0n) is 23.8. The quantitative estimate of drug-likeness (QED) is 0.284. The van der Waals surface area contributed by atoms with Crippen LogP contribution in [-0.4, -0.2) is 42.1 Å². The molecule has 1 N–H and O–H groups in total. The van der Waals surface area contributed by atoms with Crippen LogP contribution >= 0.6 is 0 Å². The lowest BCUT2D eigenvalue weighted by Crippen LogP contribution is -2.49. The minimum Gasteiger partial charge on any atom is -0.497 e. The van der Waals surface area contributed by atoms with Gasteiger partial charge in [0.05, 0.1) is 19.1 Å². The number of hydrogen-bond donors (Lipinski definition) is 1. The molecule has 3 heterocycles. The van der Waals surface area contributed by atoms with Crippen LogP contribution < -0.4 is 14.8 Å². The predicted molar refractivity (Wildman–Crippen MR) is 163 cm³/mol. The molecule has 8 heteroatoms. The van der Waals surface area contributed by atoms with Crippen molar-refractivity contribution in [2.24, 2.45) is 5.92 Å². The van der Waals surface area contributed by atoms with Gasteiger partial charge in [-0.1, -0.05) is 54.6 Å². The molecular weight excluding hydrogens is 554 g/mol. The zero-order chi connectivity index (χ0) is 30.4. The minimum atomic E-state index is -1.43. The van der Waals surface area contributed by atoms with Gasteiger partial charge in [0.1, 0.15) is 29.0 Å². The maximum absolute atomic E-state index is 14.9. The number of rotatable bonds is 7. The van der Waals surface area contributed by atoms with Crippen LogP contribution in [0.25, 0.3) is 6.08 Å². The first-order valence-corrected chi connectivity index (χ1v) is 14.3. The number of carbonyl (C=O) groups excluding carboxylic acids is 3. The molecule has 1 amide bonds. The molecule has 1 saturated heterocycles. The molecule has 0 aliphatic carbocycles. The summed E-state index contributed by atoms with van der Waals surface area (Å²) in [6, 6.07) is 28.8. The van der Waals surface area contributed by atoms with Gasteiger partial charge in [-0.2, -0.15) is 5.26 Å². The van der Waals surface area contributed by atoms with Crippen molar-refractivity contribution in [3.63, 3.8) is 0 Å². The molecule has 4 aromatic carbocycles. The third kappa shape index (κ3) is 3.93. The normalized spacial score (nSPS) is 22.4. The van der Waals surface area contributed by atoms with Crippen molar-refractivity contribution in [2.75, 3.05) is 19.0 Å². The van der Waals surface area contributed by atoms with Crippen LogP contribution in [0.2, 0.25) is 0 Å². The highest BCUT2D eigenvalue weighted by Crippen LogP contribution is 2.62. The Kier molecular flexibility index (Phi) is 6.51. The molecule has 3 aliphatic rings. The van der Waals surface area contributed by atoms with E-state index in [4.69, 9.17) is 14.7 Å². The van der Waals surface area contributed by atoms with Gasteiger partial charge >= 0.3 is 0 Å². The van der Waals surface area contributed by atoms with Crippen molar-refractivity contribution in [1.82, 2.24) is 4.90 Å². The second kappa shape index (κ2) is 10.5. The first-order chi connectivity index (χ1) is 21.5. The molecule has 4 aromatic rings. The van der Waals surface area contributed by atoms with E-state index in [1.807, 2.05) is 71.8 Å². The maximum Gasteiger partial charge on any atom is 0.238 e. The van der Waals surface area contributed by atoms with Gasteiger partial charge in [0.15, 0.2) is 18.2 Å². The first kappa shape index (κ1) is 27.2. The van der Waals surface area contributed by atoms with E-state index in [2.05, 4.69) is 5.32 Å². The van der Waals surface area contributed by atoms with Crippen molar-refractivity contribution in [1.29, 1.82) is 5.26 Å². The average Bonchev–Trinajstić information content (AvgIpc) is 3.55. The van der Waals surface area contributed by atoms with Crippen molar-refractivity contribution >= 4 is 29.2 Å². The van der Waals surface area contributed by atoms with E-state index in [9.17, 15) is 14.4 Å². The highest BCUT2D eigenvalue weighted by molar-refractivity contribution is 6.16. The molecule has 8 nitrogen and oxygen atoms in total. The van der Waals surface area contributed by atoms with Gasteiger partial charge in [-0.25, -0.2) is 0 Å². The van der Waals surface area contributed by atoms with Gasteiger partial charge in [0.25, 0.3) is 0 Å². The van der Waals surface area contributed by atoms with Gasteiger partial charge in [0, 0.05) is 23.0 Å². The molecule has 0 aromatic heterocycles. The highest BCUT2D eigenvalue weighted by Gasteiger charge is 2.70. The predicted octanol–water partition coefficient (Wildman–Crippen LogP) is 5.58. The van der Waals surface area contributed by atoms with Crippen LogP contribution in [0.3, 0.4) is 0 Å². The SMILES string of the molecule is COc1cccc(C(=O)[C@@H]2[C@H](C(=O)c3ccc(OCC#N)cc3)[C@@]3(C(=O)Nc4ccccc43)[C@H]3c4ccccc4C=CN23)c1. The fourth-order valence-corrected chi connectivity index (χ4v) is 7.13. The van der Waals surface area contributed by atoms with Crippen molar-refractivity contribution < 1.29 is 23.9 Å². The molecular formula is C36H27N3O5. The second-order valence-electron chi connectivity index (χ2n) is 11.0. The Bertz CT molecular complexity index is 1890. The summed E-state index contributed by atoms with van der Waals surface area (Å²) in [4.78, 5) is 46.1. The van der Waals surface area contributed by atoms with E-state index < -0.39 is 23.4 Å². The summed E-state index contributed by atoms with van der Waals surface area (Å²) < 4.78 is 10.8. The molecule has 216 valence electrons. The van der Waals surface area contributed by atoms with Gasteiger partial charge in [0.2, 0.25) is 5.91 Å².